The van der Waals surface area contributed by atoms with Gasteiger partial charge in [-0.3, -0.25) is 0 Å². The fourth-order valence-electron chi connectivity index (χ4n) is 7.97. The van der Waals surface area contributed by atoms with E-state index in [-0.39, 0.29) is 11.0 Å². The first-order chi connectivity index (χ1) is 25.8. The largest absolute Gasteiger partial charge is 0.331 e. The van der Waals surface area contributed by atoms with Crippen LogP contribution in [0.4, 0.5) is 28.4 Å². The topological polar surface area (TPSA) is 6.48 Å². The molecule has 2 nitrogen and oxygen atoms in total. The fraction of sp³-hybridized carbons (Fsp3) is 0.176. The van der Waals surface area contributed by atoms with Gasteiger partial charge in [0.1, 0.15) is 0 Å². The zero-order valence-electron chi connectivity index (χ0n) is 31.6. The Morgan fingerprint density at radius 3 is 1.51 bits per heavy atom. The van der Waals surface area contributed by atoms with E-state index in [1.807, 2.05) is 0 Å². The molecule has 2 heteroatoms. The quantitative estimate of drug-likeness (QED) is 0.141. The average Bonchev–Trinajstić information content (AvgIpc) is 3.21. The molecule has 0 saturated carbocycles. The van der Waals surface area contributed by atoms with Crippen molar-refractivity contribution in [3.8, 4) is 0 Å². The highest BCUT2D eigenvalue weighted by Gasteiger charge is 2.35. The molecular formula is C51H48N2. The summed E-state index contributed by atoms with van der Waals surface area (Å²) in [5, 5.41) is 7.39. The van der Waals surface area contributed by atoms with Crippen LogP contribution in [0.1, 0.15) is 58.6 Å². The van der Waals surface area contributed by atoms with Crippen molar-refractivity contribution >= 4 is 60.8 Å². The van der Waals surface area contributed by atoms with Gasteiger partial charge in [0, 0.05) is 33.5 Å². The van der Waals surface area contributed by atoms with Crippen LogP contribution in [0, 0.1) is 0 Å². The summed E-state index contributed by atoms with van der Waals surface area (Å²) < 4.78 is 0. The molecular weight excluding hydrogens is 641 g/mol. The predicted molar refractivity (Wildman–Crippen MR) is 230 cm³/mol. The maximum atomic E-state index is 2.58. The molecule has 8 aromatic rings. The summed E-state index contributed by atoms with van der Waals surface area (Å²) in [6.45, 7) is 11.7. The second-order valence-electron chi connectivity index (χ2n) is 15.2. The van der Waals surface area contributed by atoms with Crippen molar-refractivity contribution in [1.29, 1.82) is 0 Å². The van der Waals surface area contributed by atoms with Gasteiger partial charge < -0.3 is 9.80 Å². The van der Waals surface area contributed by atoms with Gasteiger partial charge in [0.05, 0.1) is 11.2 Å². The van der Waals surface area contributed by atoms with Crippen LogP contribution in [0.5, 0.6) is 0 Å². The molecule has 0 aromatic heterocycles. The summed E-state index contributed by atoms with van der Waals surface area (Å²) in [6.07, 6.45) is 2.02. The van der Waals surface area contributed by atoms with E-state index in [9.17, 15) is 0 Å². The molecule has 8 aromatic carbocycles. The average molecular weight is 689 g/mol. The van der Waals surface area contributed by atoms with Crippen molar-refractivity contribution in [3.05, 3.63) is 187 Å². The minimum atomic E-state index is -0.325. The Bertz CT molecular complexity index is 2520. The lowest BCUT2D eigenvalue weighted by atomic mass is 9.79. The number of hydrogen-bond donors (Lipinski definition) is 0. The molecule has 262 valence electrons. The highest BCUT2D eigenvalue weighted by molar-refractivity contribution is 6.01. The Labute approximate surface area is 315 Å². The van der Waals surface area contributed by atoms with E-state index in [4.69, 9.17) is 0 Å². The molecule has 53 heavy (non-hydrogen) atoms. The van der Waals surface area contributed by atoms with Crippen molar-refractivity contribution in [2.24, 2.45) is 0 Å². The third-order valence-electron chi connectivity index (χ3n) is 11.7. The van der Waals surface area contributed by atoms with Crippen LogP contribution in [0.2, 0.25) is 0 Å². The zero-order chi connectivity index (χ0) is 36.6. The van der Waals surface area contributed by atoms with Gasteiger partial charge in [-0.1, -0.05) is 155 Å². The van der Waals surface area contributed by atoms with Crippen molar-refractivity contribution in [2.75, 3.05) is 9.80 Å². The summed E-state index contributed by atoms with van der Waals surface area (Å²) in [4.78, 5) is 4.99. The van der Waals surface area contributed by atoms with Gasteiger partial charge >= 0.3 is 0 Å². The molecule has 0 aliphatic heterocycles. The normalized spacial score (nSPS) is 12.9. The van der Waals surface area contributed by atoms with Crippen LogP contribution < -0.4 is 9.80 Å². The Balaban J connectivity index is 1.30. The highest BCUT2D eigenvalue weighted by Crippen LogP contribution is 2.46. The van der Waals surface area contributed by atoms with E-state index in [1.54, 1.807) is 0 Å². The zero-order valence-corrected chi connectivity index (χ0v) is 31.6. The minimum Gasteiger partial charge on any atom is -0.331 e. The molecule has 0 saturated heterocycles. The van der Waals surface area contributed by atoms with E-state index in [0.717, 1.165) is 35.6 Å². The van der Waals surface area contributed by atoms with Gasteiger partial charge in [0.15, 0.2) is 0 Å². The predicted octanol–water partition coefficient (Wildman–Crippen LogP) is 14.8. The summed E-state index contributed by atoms with van der Waals surface area (Å²) in [6, 6.07) is 64.8. The van der Waals surface area contributed by atoms with Crippen molar-refractivity contribution in [1.82, 2.24) is 0 Å². The van der Waals surface area contributed by atoms with Gasteiger partial charge in [0.2, 0.25) is 0 Å². The van der Waals surface area contributed by atoms with Crippen LogP contribution in [0.15, 0.2) is 176 Å². The first-order valence-corrected chi connectivity index (χ1v) is 19.1. The highest BCUT2D eigenvalue weighted by atomic mass is 15.2. The van der Waals surface area contributed by atoms with E-state index >= 15 is 0 Å². The second kappa shape index (κ2) is 13.9. The molecule has 0 spiro atoms. The maximum absolute atomic E-state index is 2.58. The number of rotatable bonds is 10. The SMILES string of the molecule is CCC(C)(C)c1ccc(C(C)(CC)N(c2ccc(N(c3ccc4ccccc4c3)c3cccc4ccccc34)cc2)c2cccc3ccccc23)cc1. The second-order valence-corrected chi connectivity index (χ2v) is 15.2. The number of nitrogens with zero attached hydrogens (tertiary/aromatic N) is 2. The Kier molecular flexibility index (Phi) is 9.00. The van der Waals surface area contributed by atoms with Gasteiger partial charge in [-0.15, -0.1) is 0 Å². The monoisotopic (exact) mass is 688 g/mol. The lowest BCUT2D eigenvalue weighted by Gasteiger charge is -2.44. The van der Waals surface area contributed by atoms with Gasteiger partial charge in [-0.25, -0.2) is 0 Å². The molecule has 0 aliphatic carbocycles. The Morgan fingerprint density at radius 1 is 0.396 bits per heavy atom. The summed E-state index contributed by atoms with van der Waals surface area (Å²) in [5.74, 6) is 0. The third-order valence-corrected chi connectivity index (χ3v) is 11.7. The van der Waals surface area contributed by atoms with Gasteiger partial charge in [-0.05, 0) is 106 Å². The first kappa shape index (κ1) is 34.2. The smallest absolute Gasteiger partial charge is 0.0672 e. The fourth-order valence-corrected chi connectivity index (χ4v) is 7.97. The molecule has 0 bridgehead atoms. The summed E-state index contributed by atoms with van der Waals surface area (Å²) in [7, 11) is 0. The minimum absolute atomic E-state index is 0.132. The van der Waals surface area contributed by atoms with Crippen LogP contribution >= 0.6 is 0 Å². The molecule has 0 N–H and O–H groups in total. The molecule has 0 fully saturated rings. The molecule has 0 heterocycles. The first-order valence-electron chi connectivity index (χ1n) is 19.1. The van der Waals surface area contributed by atoms with Crippen LogP contribution in [0.3, 0.4) is 0 Å². The molecule has 1 atom stereocenters. The maximum Gasteiger partial charge on any atom is 0.0672 e. The van der Waals surface area contributed by atoms with Crippen molar-refractivity contribution in [2.45, 2.75) is 58.4 Å². The Morgan fingerprint density at radius 2 is 0.887 bits per heavy atom. The van der Waals surface area contributed by atoms with Crippen molar-refractivity contribution in [3.63, 3.8) is 0 Å². The number of hydrogen-bond acceptors (Lipinski definition) is 2. The molecule has 0 radical (unpaired) electrons. The summed E-state index contributed by atoms with van der Waals surface area (Å²) in [5.41, 5.74) is 8.26. The standard InChI is InChI=1S/C51H48N2/c1-6-50(3,4)41-27-29-42(30-28-41)51(5,7-2)53(49-25-15-21-39-18-11-13-23-47(39)49)44-34-32-43(33-35-44)52(45-31-26-37-16-8-9-19-40(37)36-45)48-24-14-20-38-17-10-12-22-46(38)48/h8-36H,6-7H2,1-5H3. The van der Waals surface area contributed by atoms with Crippen LogP contribution in [-0.4, -0.2) is 0 Å². The third kappa shape index (κ3) is 6.23. The van der Waals surface area contributed by atoms with Gasteiger partial charge in [0.25, 0.3) is 0 Å². The molecule has 0 aliphatic rings. The summed E-state index contributed by atoms with van der Waals surface area (Å²) >= 11 is 0. The Hall–Kier alpha value is -5.86. The number of benzene rings is 8. The molecule has 1 unspecified atom stereocenters. The number of anilines is 5. The van der Waals surface area contributed by atoms with Crippen LogP contribution in [-0.2, 0) is 11.0 Å². The molecule has 8 rings (SSSR count). The molecule has 0 amide bonds. The lowest BCUT2D eigenvalue weighted by Crippen LogP contribution is -2.40. The van der Waals surface area contributed by atoms with Gasteiger partial charge in [-0.2, -0.15) is 0 Å². The van der Waals surface area contributed by atoms with E-state index in [0.29, 0.717) is 0 Å². The lowest BCUT2D eigenvalue weighted by molar-refractivity contribution is 0.462. The van der Waals surface area contributed by atoms with E-state index in [1.165, 1.54) is 49.1 Å². The van der Waals surface area contributed by atoms with Crippen molar-refractivity contribution < 1.29 is 0 Å². The number of fused-ring (bicyclic) bond motifs is 3. The van der Waals surface area contributed by atoms with Crippen LogP contribution in [0.25, 0.3) is 32.3 Å². The van der Waals surface area contributed by atoms with E-state index < -0.39 is 0 Å². The van der Waals surface area contributed by atoms with E-state index in [2.05, 4.69) is 220 Å².